The fraction of sp³-hybridized carbons (Fsp3) is 0.0952. The van der Waals surface area contributed by atoms with Crippen molar-refractivity contribution < 1.29 is 4.79 Å². The second kappa shape index (κ2) is 4.17. The van der Waals surface area contributed by atoms with E-state index in [-0.39, 0.29) is 17.6 Å². The first-order chi connectivity index (χ1) is 10.8. The maximum absolute atomic E-state index is 12.9. The number of benzene rings is 2. The van der Waals surface area contributed by atoms with Crippen LogP contribution in [0.3, 0.4) is 0 Å². The molecule has 0 bridgehead atoms. The van der Waals surface area contributed by atoms with Gasteiger partial charge in [0.25, 0.3) is 0 Å². The molecule has 5 rings (SSSR count). The molecule has 3 aliphatic carbocycles. The lowest BCUT2D eigenvalue weighted by molar-refractivity contribution is 0.102. The Kier molecular flexibility index (Phi) is 2.26. The van der Waals surface area contributed by atoms with Crippen molar-refractivity contribution in [2.24, 2.45) is 11.8 Å². The molecule has 1 heteroatoms. The minimum Gasteiger partial charge on any atom is -0.289 e. The summed E-state index contributed by atoms with van der Waals surface area (Å²) in [5, 5.41) is 2.50. The topological polar surface area (TPSA) is 17.1 Å². The molecule has 0 aliphatic heterocycles. The van der Waals surface area contributed by atoms with Crippen LogP contribution in [0.15, 0.2) is 66.3 Å². The summed E-state index contributed by atoms with van der Waals surface area (Å²) in [6.45, 7) is 0. The highest BCUT2D eigenvalue weighted by Gasteiger charge is 2.37. The van der Waals surface area contributed by atoms with Crippen LogP contribution in [0, 0.1) is 11.8 Å². The molecular formula is C21H14O. The van der Waals surface area contributed by atoms with Gasteiger partial charge in [0.15, 0.2) is 5.78 Å². The molecule has 0 spiro atoms. The molecule has 0 fully saturated rings. The van der Waals surface area contributed by atoms with Gasteiger partial charge in [-0.1, -0.05) is 72.8 Å². The predicted molar refractivity (Wildman–Crippen MR) is 88.4 cm³/mol. The number of ketones is 1. The first-order valence-corrected chi connectivity index (χ1v) is 7.68. The largest absolute Gasteiger partial charge is 0.289 e. The SMILES string of the molecule is O=C1C2=C(C=CC3C=c4ccccc4=CC23)c2ccccc21. The molecule has 2 unspecified atom stereocenters. The maximum atomic E-state index is 12.9. The zero-order chi connectivity index (χ0) is 14.7. The van der Waals surface area contributed by atoms with Crippen molar-refractivity contribution in [2.45, 2.75) is 0 Å². The van der Waals surface area contributed by atoms with Crippen molar-refractivity contribution in [1.29, 1.82) is 0 Å². The summed E-state index contributed by atoms with van der Waals surface area (Å²) in [5.41, 5.74) is 4.03. The van der Waals surface area contributed by atoms with Gasteiger partial charge in [-0.3, -0.25) is 4.79 Å². The van der Waals surface area contributed by atoms with Crippen molar-refractivity contribution in [2.75, 3.05) is 0 Å². The standard InChI is InChI=1S/C21H14O/c22-21-18-8-4-3-7-16(18)17-10-9-15-11-13-5-1-2-6-14(13)12-19(15)20(17)21/h1-12,15,19H. The minimum absolute atomic E-state index is 0.162. The number of hydrogen-bond donors (Lipinski definition) is 0. The van der Waals surface area contributed by atoms with Gasteiger partial charge in [-0.05, 0) is 21.6 Å². The highest BCUT2D eigenvalue weighted by molar-refractivity contribution is 6.23. The van der Waals surface area contributed by atoms with Crippen LogP contribution >= 0.6 is 0 Å². The molecule has 3 aliphatic rings. The van der Waals surface area contributed by atoms with Gasteiger partial charge in [0, 0.05) is 23.0 Å². The first kappa shape index (κ1) is 11.9. The average molecular weight is 282 g/mol. The van der Waals surface area contributed by atoms with E-state index in [4.69, 9.17) is 0 Å². The van der Waals surface area contributed by atoms with Gasteiger partial charge in [-0.25, -0.2) is 0 Å². The monoisotopic (exact) mass is 282 g/mol. The maximum Gasteiger partial charge on any atom is 0.190 e. The van der Waals surface area contributed by atoms with Crippen LogP contribution in [0.1, 0.15) is 15.9 Å². The van der Waals surface area contributed by atoms with Gasteiger partial charge in [-0.2, -0.15) is 0 Å². The summed E-state index contributed by atoms with van der Waals surface area (Å²) in [6, 6.07) is 16.4. The van der Waals surface area contributed by atoms with E-state index in [1.807, 2.05) is 18.2 Å². The Morgan fingerprint density at radius 3 is 2.27 bits per heavy atom. The van der Waals surface area contributed by atoms with Crippen molar-refractivity contribution in [3.63, 3.8) is 0 Å². The fourth-order valence-electron chi connectivity index (χ4n) is 3.93. The molecule has 2 aromatic carbocycles. The van der Waals surface area contributed by atoms with Gasteiger partial charge in [0.1, 0.15) is 0 Å². The Hall–Kier alpha value is -2.67. The molecule has 1 nitrogen and oxygen atoms in total. The molecule has 0 heterocycles. The minimum atomic E-state index is 0.162. The van der Waals surface area contributed by atoms with Gasteiger partial charge in [-0.15, -0.1) is 0 Å². The van der Waals surface area contributed by atoms with Crippen molar-refractivity contribution in [3.8, 4) is 0 Å². The Bertz CT molecular complexity index is 1000. The molecule has 0 saturated carbocycles. The smallest absolute Gasteiger partial charge is 0.190 e. The highest BCUT2D eigenvalue weighted by Crippen LogP contribution is 2.44. The third kappa shape index (κ3) is 1.46. The van der Waals surface area contributed by atoms with E-state index in [9.17, 15) is 4.79 Å². The Morgan fingerprint density at radius 2 is 1.45 bits per heavy atom. The van der Waals surface area contributed by atoms with Crippen LogP contribution < -0.4 is 10.4 Å². The van der Waals surface area contributed by atoms with E-state index in [0.29, 0.717) is 0 Å². The van der Waals surface area contributed by atoms with Gasteiger partial charge in [0.2, 0.25) is 0 Å². The normalized spacial score (nSPS) is 23.9. The van der Waals surface area contributed by atoms with Crippen LogP contribution in [0.25, 0.3) is 17.7 Å². The van der Waals surface area contributed by atoms with E-state index in [2.05, 4.69) is 54.6 Å². The highest BCUT2D eigenvalue weighted by atomic mass is 16.1. The third-order valence-electron chi connectivity index (χ3n) is 4.96. The average Bonchev–Trinajstić information content (AvgIpc) is 2.87. The molecule has 104 valence electrons. The molecule has 22 heavy (non-hydrogen) atoms. The van der Waals surface area contributed by atoms with Crippen molar-refractivity contribution in [3.05, 3.63) is 87.8 Å². The summed E-state index contributed by atoms with van der Waals surface area (Å²) in [7, 11) is 0. The number of fused-ring (bicyclic) bond motifs is 5. The van der Waals surface area contributed by atoms with Gasteiger partial charge >= 0.3 is 0 Å². The van der Waals surface area contributed by atoms with Crippen LogP contribution in [0.4, 0.5) is 0 Å². The fourth-order valence-corrected chi connectivity index (χ4v) is 3.93. The lowest BCUT2D eigenvalue weighted by Crippen LogP contribution is -2.34. The molecule has 0 amide bonds. The molecular weight excluding hydrogens is 268 g/mol. The predicted octanol–water partition coefficient (Wildman–Crippen LogP) is 2.71. The molecule has 2 atom stereocenters. The summed E-state index contributed by atoms with van der Waals surface area (Å²) in [5.74, 6) is 0.649. The Morgan fingerprint density at radius 1 is 0.773 bits per heavy atom. The number of carbonyl (C=O) groups is 1. The van der Waals surface area contributed by atoms with Crippen LogP contribution in [-0.4, -0.2) is 5.78 Å². The van der Waals surface area contributed by atoms with Gasteiger partial charge in [0.05, 0.1) is 0 Å². The quantitative estimate of drug-likeness (QED) is 0.726. The van der Waals surface area contributed by atoms with E-state index < -0.39 is 0 Å². The molecule has 0 saturated heterocycles. The summed E-state index contributed by atoms with van der Waals surface area (Å²) < 4.78 is 0. The molecule has 2 aromatic rings. The number of hydrogen-bond acceptors (Lipinski definition) is 1. The van der Waals surface area contributed by atoms with E-state index in [1.165, 1.54) is 10.4 Å². The second-order valence-electron chi connectivity index (χ2n) is 6.13. The molecule has 0 N–H and O–H groups in total. The number of Topliss-reactive ketones (excluding diaryl/α,β-unsaturated/α-hetero) is 1. The van der Waals surface area contributed by atoms with Crippen LogP contribution in [0.2, 0.25) is 0 Å². The Balaban J connectivity index is 1.76. The lowest BCUT2D eigenvalue weighted by atomic mass is 9.76. The zero-order valence-corrected chi connectivity index (χ0v) is 12.0. The first-order valence-electron chi connectivity index (χ1n) is 7.68. The summed E-state index contributed by atoms with van der Waals surface area (Å²) in [4.78, 5) is 12.9. The Labute approximate surface area is 128 Å². The molecule has 0 radical (unpaired) electrons. The van der Waals surface area contributed by atoms with Crippen LogP contribution in [-0.2, 0) is 0 Å². The third-order valence-corrected chi connectivity index (χ3v) is 4.96. The van der Waals surface area contributed by atoms with Crippen molar-refractivity contribution in [1.82, 2.24) is 0 Å². The number of allylic oxidation sites excluding steroid dienone is 4. The van der Waals surface area contributed by atoms with E-state index in [0.717, 1.165) is 22.3 Å². The summed E-state index contributed by atoms with van der Waals surface area (Å²) in [6.07, 6.45) is 8.93. The number of carbonyl (C=O) groups excluding carboxylic acids is 1. The second-order valence-corrected chi connectivity index (χ2v) is 6.13. The van der Waals surface area contributed by atoms with E-state index >= 15 is 0 Å². The summed E-state index contributed by atoms with van der Waals surface area (Å²) >= 11 is 0. The lowest BCUT2D eigenvalue weighted by Gasteiger charge is -2.26. The van der Waals surface area contributed by atoms with Crippen molar-refractivity contribution >= 4 is 23.5 Å². The van der Waals surface area contributed by atoms with E-state index in [1.54, 1.807) is 0 Å². The van der Waals surface area contributed by atoms with Gasteiger partial charge < -0.3 is 0 Å². The zero-order valence-electron chi connectivity index (χ0n) is 12.0. The molecule has 0 aromatic heterocycles. The van der Waals surface area contributed by atoms with Crippen LogP contribution in [0.5, 0.6) is 0 Å². The number of rotatable bonds is 0.